The molecular formula is C5Cl2F7NaO2. The zero-order chi connectivity index (χ0) is 13.6. The second-order valence-corrected chi connectivity index (χ2v) is 3.50. The number of carboxylic acid groups (broad SMARTS) is 1. The third kappa shape index (κ3) is 3.12. The molecule has 1 atom stereocenters. The molecule has 0 aromatic heterocycles. The van der Waals surface area contributed by atoms with Crippen LogP contribution in [-0.2, 0) is 4.79 Å². The number of hydrogen-bond donors (Lipinski definition) is 0. The van der Waals surface area contributed by atoms with Gasteiger partial charge in [-0.2, -0.15) is 26.3 Å². The molecule has 1 unspecified atom stereocenters. The monoisotopic (exact) mass is 318 g/mol. The molecule has 12 heteroatoms. The normalized spacial score (nSPS) is 17.0. The minimum absolute atomic E-state index is 0. The van der Waals surface area contributed by atoms with E-state index in [1.165, 1.54) is 0 Å². The van der Waals surface area contributed by atoms with Crippen molar-refractivity contribution in [3.8, 4) is 0 Å². The van der Waals surface area contributed by atoms with Crippen molar-refractivity contribution in [2.45, 2.75) is 22.4 Å². The molecule has 0 saturated carbocycles. The van der Waals surface area contributed by atoms with Gasteiger partial charge in [-0.3, -0.25) is 0 Å². The first-order valence-corrected chi connectivity index (χ1v) is 3.87. The van der Waals surface area contributed by atoms with Gasteiger partial charge in [0.1, 0.15) is 5.97 Å². The minimum Gasteiger partial charge on any atom is -0.544 e. The summed E-state index contributed by atoms with van der Waals surface area (Å²) < 4.78 is 86.0. The number of carbonyl (C=O) groups is 1. The summed E-state index contributed by atoms with van der Waals surface area (Å²) in [4.78, 5) is 9.59. The van der Waals surface area contributed by atoms with E-state index in [9.17, 15) is 40.6 Å². The van der Waals surface area contributed by atoms with Crippen molar-refractivity contribution in [2.24, 2.45) is 0 Å². The number of aliphatic carboxylic acids is 1. The van der Waals surface area contributed by atoms with Crippen LogP contribution in [0.4, 0.5) is 30.7 Å². The number of halogens is 9. The van der Waals surface area contributed by atoms with Crippen LogP contribution in [0.3, 0.4) is 0 Å². The fourth-order valence-corrected chi connectivity index (χ4v) is 0.741. The van der Waals surface area contributed by atoms with Gasteiger partial charge in [0.25, 0.3) is 0 Å². The second kappa shape index (κ2) is 5.28. The molecule has 0 aliphatic rings. The number of rotatable bonds is 4. The SMILES string of the molecule is O=C([O-])C(F)(F)C(F)(F)C(F)(Cl)C(F)(F)Cl.[Na+]. The van der Waals surface area contributed by atoms with Gasteiger partial charge in [-0.15, -0.1) is 0 Å². The molecule has 0 fully saturated rings. The summed E-state index contributed by atoms with van der Waals surface area (Å²) in [6, 6.07) is 0. The van der Waals surface area contributed by atoms with Crippen LogP contribution in [0.2, 0.25) is 0 Å². The van der Waals surface area contributed by atoms with Crippen molar-refractivity contribution in [1.82, 2.24) is 0 Å². The van der Waals surface area contributed by atoms with Crippen molar-refractivity contribution in [3.05, 3.63) is 0 Å². The van der Waals surface area contributed by atoms with Gasteiger partial charge in [-0.25, -0.2) is 4.39 Å². The largest absolute Gasteiger partial charge is 1.00 e. The zero-order valence-electron chi connectivity index (χ0n) is 7.72. The van der Waals surface area contributed by atoms with E-state index in [1.807, 2.05) is 0 Å². The number of carbonyl (C=O) groups excluding carboxylic acids is 1. The van der Waals surface area contributed by atoms with E-state index < -0.39 is 28.3 Å². The maximum atomic E-state index is 12.6. The molecule has 0 heterocycles. The summed E-state index contributed by atoms with van der Waals surface area (Å²) in [5, 5.41) is -1.84. The number of hydrogen-bond acceptors (Lipinski definition) is 2. The molecule has 0 aliphatic carbocycles. The van der Waals surface area contributed by atoms with Crippen LogP contribution in [-0.4, -0.2) is 28.3 Å². The summed E-state index contributed by atoms with van der Waals surface area (Å²) >= 11 is 7.62. The summed E-state index contributed by atoms with van der Waals surface area (Å²) in [5.41, 5.74) is 0. The first-order chi connectivity index (χ1) is 6.69. The third-order valence-corrected chi connectivity index (χ3v) is 2.23. The fraction of sp³-hybridized carbons (Fsp3) is 0.800. The van der Waals surface area contributed by atoms with Crippen molar-refractivity contribution >= 4 is 29.2 Å². The average molecular weight is 319 g/mol. The van der Waals surface area contributed by atoms with Gasteiger partial charge < -0.3 is 9.90 Å². The van der Waals surface area contributed by atoms with Crippen LogP contribution < -0.4 is 34.7 Å². The van der Waals surface area contributed by atoms with Gasteiger partial charge >= 0.3 is 51.9 Å². The first kappa shape index (κ1) is 19.9. The quantitative estimate of drug-likeness (QED) is 0.369. The van der Waals surface area contributed by atoms with E-state index in [1.54, 1.807) is 0 Å². The number of alkyl halides is 9. The second-order valence-electron chi connectivity index (χ2n) is 2.51. The Bertz CT molecular complexity index is 303. The maximum Gasteiger partial charge on any atom is 1.00 e. The van der Waals surface area contributed by atoms with Crippen LogP contribution in [0.25, 0.3) is 0 Å². The van der Waals surface area contributed by atoms with E-state index in [-0.39, 0.29) is 29.6 Å². The van der Waals surface area contributed by atoms with Gasteiger partial charge in [-0.05, 0) is 11.6 Å². The Balaban J connectivity index is 0. The topological polar surface area (TPSA) is 40.1 Å². The van der Waals surface area contributed by atoms with Gasteiger partial charge in [-0.1, -0.05) is 11.6 Å². The smallest absolute Gasteiger partial charge is 0.544 e. The third-order valence-electron chi connectivity index (χ3n) is 1.40. The van der Waals surface area contributed by atoms with Crippen molar-refractivity contribution < 1.29 is 70.2 Å². The van der Waals surface area contributed by atoms with Gasteiger partial charge in [0.05, 0.1) is 0 Å². The van der Waals surface area contributed by atoms with Crippen LogP contribution in [0.1, 0.15) is 0 Å². The van der Waals surface area contributed by atoms with Gasteiger partial charge in [0.15, 0.2) is 0 Å². The molecule has 0 aromatic rings. The molecule has 0 saturated heterocycles. The maximum absolute atomic E-state index is 12.6. The van der Waals surface area contributed by atoms with Crippen molar-refractivity contribution in [2.75, 3.05) is 0 Å². The van der Waals surface area contributed by atoms with Crippen molar-refractivity contribution in [3.63, 3.8) is 0 Å². The van der Waals surface area contributed by atoms with Crippen LogP contribution >= 0.6 is 23.2 Å². The van der Waals surface area contributed by atoms with E-state index in [2.05, 4.69) is 23.2 Å². The molecule has 96 valence electrons. The van der Waals surface area contributed by atoms with Crippen molar-refractivity contribution in [1.29, 1.82) is 0 Å². The molecular weight excluding hydrogens is 319 g/mol. The number of carboxylic acids is 1. The van der Waals surface area contributed by atoms with Crippen LogP contribution in [0.15, 0.2) is 0 Å². The molecule has 0 bridgehead atoms. The molecule has 17 heavy (non-hydrogen) atoms. The summed E-state index contributed by atoms with van der Waals surface area (Å²) in [6.07, 6.45) is 0. The molecule has 0 aliphatic heterocycles. The van der Waals surface area contributed by atoms with Crippen LogP contribution in [0.5, 0.6) is 0 Å². The zero-order valence-corrected chi connectivity index (χ0v) is 11.2. The van der Waals surface area contributed by atoms with E-state index in [0.29, 0.717) is 0 Å². The summed E-state index contributed by atoms with van der Waals surface area (Å²) in [6.45, 7) is 0. The Morgan fingerprint density at radius 3 is 1.41 bits per heavy atom. The first-order valence-electron chi connectivity index (χ1n) is 3.11. The van der Waals surface area contributed by atoms with Gasteiger partial charge in [0, 0.05) is 0 Å². The van der Waals surface area contributed by atoms with Crippen LogP contribution in [0, 0.1) is 0 Å². The fourth-order valence-electron chi connectivity index (χ4n) is 0.503. The standard InChI is InChI=1S/C5HCl2F7O2.Na/c6-3(10,5(7,13)14)4(11,12)2(8,9)1(15)16;/h(H,15,16);/q;+1/p-1. The Morgan fingerprint density at radius 1 is 0.941 bits per heavy atom. The molecule has 0 amide bonds. The molecule has 0 rings (SSSR count). The molecule has 0 aromatic carbocycles. The molecule has 2 nitrogen and oxygen atoms in total. The Labute approximate surface area is 121 Å². The predicted molar refractivity (Wildman–Crippen MR) is 35.4 cm³/mol. The van der Waals surface area contributed by atoms with Gasteiger partial charge in [0.2, 0.25) is 0 Å². The average Bonchev–Trinajstić information content (AvgIpc) is 2.00. The molecule has 0 radical (unpaired) electrons. The Kier molecular flexibility index (Phi) is 6.18. The van der Waals surface area contributed by atoms with E-state index in [4.69, 9.17) is 0 Å². The van der Waals surface area contributed by atoms with E-state index >= 15 is 0 Å². The predicted octanol–water partition coefficient (Wildman–Crippen LogP) is -1.25. The molecule has 0 N–H and O–H groups in total. The summed E-state index contributed by atoms with van der Waals surface area (Å²) in [5.74, 6) is -16.5. The van der Waals surface area contributed by atoms with E-state index in [0.717, 1.165) is 0 Å². The molecule has 0 spiro atoms. The minimum atomic E-state index is -6.48. The Morgan fingerprint density at radius 2 is 1.24 bits per heavy atom. The summed E-state index contributed by atoms with van der Waals surface area (Å²) in [7, 11) is 0. The Hall–Kier alpha value is 0.560.